The van der Waals surface area contributed by atoms with E-state index in [1.807, 2.05) is 24.7 Å². The summed E-state index contributed by atoms with van der Waals surface area (Å²) in [6, 6.07) is 8.15. The third kappa shape index (κ3) is 2.04. The van der Waals surface area contributed by atoms with Gasteiger partial charge in [-0.15, -0.1) is 0 Å². The molecule has 1 aromatic carbocycles. The molecule has 2 aliphatic rings. The van der Waals surface area contributed by atoms with E-state index >= 15 is 0 Å². The summed E-state index contributed by atoms with van der Waals surface area (Å²) < 4.78 is 13.6. The lowest BCUT2D eigenvalue weighted by Gasteiger charge is -2.05. The Kier molecular flexibility index (Phi) is 3.04. The van der Waals surface area contributed by atoms with Crippen LogP contribution in [-0.2, 0) is 6.61 Å². The molecule has 3 N–H and O–H groups in total. The monoisotopic (exact) mass is 326 g/mol. The van der Waals surface area contributed by atoms with E-state index in [1.54, 1.807) is 18.2 Å². The summed E-state index contributed by atoms with van der Waals surface area (Å²) in [5.74, 6) is 0.597. The van der Waals surface area contributed by atoms with E-state index in [-0.39, 0.29) is 18.1 Å². The molecule has 0 unspecified atom stereocenters. The first kappa shape index (κ1) is 14.6. The van der Waals surface area contributed by atoms with Crippen molar-refractivity contribution in [3.8, 4) is 22.8 Å². The van der Waals surface area contributed by atoms with E-state index in [1.165, 1.54) is 6.07 Å². The van der Waals surface area contributed by atoms with E-state index in [0.29, 0.717) is 33.5 Å². The van der Waals surface area contributed by atoms with Crippen LogP contribution in [0, 0.1) is 0 Å². The molecule has 0 bridgehead atoms. The average molecular weight is 326 g/mol. The number of nitrogens with zero attached hydrogens (tertiary/aromatic N) is 1. The SMILES string of the molecule is C[N+](C)=c1cc(O)cc2oc3c(cc1-2)oc1cc(CO)c(O)cc13. The second-order valence-corrected chi connectivity index (χ2v) is 5.95. The number of aliphatic hydroxyl groups is 1. The summed E-state index contributed by atoms with van der Waals surface area (Å²) >= 11 is 0. The summed E-state index contributed by atoms with van der Waals surface area (Å²) in [7, 11) is 3.76. The summed E-state index contributed by atoms with van der Waals surface area (Å²) in [4.78, 5) is 0. The fourth-order valence-electron chi connectivity index (χ4n) is 2.94. The number of benzene rings is 2. The maximum absolute atomic E-state index is 9.97. The molecular formula is C18H16NO5+. The van der Waals surface area contributed by atoms with Gasteiger partial charge in [0.1, 0.15) is 36.9 Å². The van der Waals surface area contributed by atoms with Gasteiger partial charge in [0.05, 0.1) is 23.6 Å². The fourth-order valence-corrected chi connectivity index (χ4v) is 2.94. The van der Waals surface area contributed by atoms with Crippen LogP contribution >= 0.6 is 0 Å². The summed E-state index contributed by atoms with van der Waals surface area (Å²) in [5, 5.41) is 30.6. The third-order valence-corrected chi connectivity index (χ3v) is 4.11. The van der Waals surface area contributed by atoms with Gasteiger partial charge in [-0.05, 0) is 12.1 Å². The van der Waals surface area contributed by atoms with Crippen molar-refractivity contribution in [2.45, 2.75) is 6.61 Å². The Morgan fingerprint density at radius 1 is 0.958 bits per heavy atom. The molecule has 0 saturated heterocycles. The van der Waals surface area contributed by atoms with Crippen molar-refractivity contribution in [3.63, 3.8) is 0 Å². The molecule has 122 valence electrons. The molecule has 0 radical (unpaired) electrons. The number of phenolic OH excluding ortho intramolecular Hbond substituents is 1. The molecule has 0 amide bonds. The number of fused-ring (bicyclic) bond motifs is 4. The van der Waals surface area contributed by atoms with E-state index in [0.717, 1.165) is 10.9 Å². The Labute approximate surface area is 136 Å². The lowest BCUT2D eigenvalue weighted by Crippen LogP contribution is -2.23. The van der Waals surface area contributed by atoms with Gasteiger partial charge in [0.2, 0.25) is 5.36 Å². The highest BCUT2D eigenvalue weighted by Gasteiger charge is 2.20. The van der Waals surface area contributed by atoms with Crippen molar-refractivity contribution >= 4 is 22.1 Å². The first-order valence-electron chi connectivity index (χ1n) is 7.44. The van der Waals surface area contributed by atoms with Crippen LogP contribution in [0.4, 0.5) is 0 Å². The zero-order valence-electron chi connectivity index (χ0n) is 13.2. The number of phenols is 2. The number of aliphatic hydroxyl groups excluding tert-OH is 1. The first-order chi connectivity index (χ1) is 11.5. The van der Waals surface area contributed by atoms with E-state index in [9.17, 15) is 15.3 Å². The van der Waals surface area contributed by atoms with Crippen LogP contribution in [0.15, 0.2) is 39.2 Å². The minimum Gasteiger partial charge on any atom is -0.508 e. The van der Waals surface area contributed by atoms with Crippen molar-refractivity contribution in [2.75, 3.05) is 14.1 Å². The zero-order chi connectivity index (χ0) is 17.0. The van der Waals surface area contributed by atoms with Crippen LogP contribution in [0.25, 0.3) is 33.5 Å². The number of rotatable bonds is 1. The molecular weight excluding hydrogens is 310 g/mol. The summed E-state index contributed by atoms with van der Waals surface area (Å²) in [5.41, 5.74) is 2.71. The van der Waals surface area contributed by atoms with Crippen molar-refractivity contribution in [1.29, 1.82) is 0 Å². The van der Waals surface area contributed by atoms with Crippen LogP contribution in [-0.4, -0.2) is 29.4 Å². The van der Waals surface area contributed by atoms with Crippen LogP contribution in [0.5, 0.6) is 11.5 Å². The van der Waals surface area contributed by atoms with E-state index in [2.05, 4.69) is 0 Å². The van der Waals surface area contributed by atoms with Gasteiger partial charge in [-0.3, -0.25) is 0 Å². The Morgan fingerprint density at radius 3 is 2.46 bits per heavy atom. The Bertz CT molecular complexity index is 1130. The highest BCUT2D eigenvalue weighted by Crippen LogP contribution is 2.37. The summed E-state index contributed by atoms with van der Waals surface area (Å²) in [6.07, 6.45) is 0. The maximum atomic E-state index is 9.97. The number of aromatic hydroxyl groups is 2. The van der Waals surface area contributed by atoms with Gasteiger partial charge in [0, 0.05) is 17.7 Å². The molecule has 0 spiro atoms. The minimum atomic E-state index is -0.281. The quantitative estimate of drug-likeness (QED) is 0.467. The third-order valence-electron chi connectivity index (χ3n) is 4.11. The van der Waals surface area contributed by atoms with Crippen LogP contribution in [0.2, 0.25) is 0 Å². The molecule has 24 heavy (non-hydrogen) atoms. The molecule has 6 heteroatoms. The molecule has 1 aliphatic carbocycles. The molecule has 1 aromatic heterocycles. The fraction of sp³-hybridized carbons (Fsp3) is 0.167. The molecule has 0 saturated carbocycles. The lowest BCUT2D eigenvalue weighted by atomic mass is 10.1. The van der Waals surface area contributed by atoms with Crippen molar-refractivity contribution in [2.24, 2.45) is 0 Å². The molecule has 2 aromatic rings. The van der Waals surface area contributed by atoms with Gasteiger partial charge in [-0.2, -0.15) is 0 Å². The molecule has 4 rings (SSSR count). The van der Waals surface area contributed by atoms with E-state index < -0.39 is 0 Å². The van der Waals surface area contributed by atoms with Gasteiger partial charge in [0.15, 0.2) is 11.2 Å². The highest BCUT2D eigenvalue weighted by molar-refractivity contribution is 6.03. The van der Waals surface area contributed by atoms with Crippen LogP contribution in [0.3, 0.4) is 0 Å². The molecule has 1 aliphatic heterocycles. The predicted octanol–water partition coefficient (Wildman–Crippen LogP) is 2.22. The molecule has 2 heterocycles. The molecule has 0 atom stereocenters. The topological polar surface area (TPSA) is 90.0 Å². The Morgan fingerprint density at radius 2 is 1.75 bits per heavy atom. The predicted molar refractivity (Wildman–Crippen MR) is 89.0 cm³/mol. The maximum Gasteiger partial charge on any atom is 0.214 e. The van der Waals surface area contributed by atoms with Gasteiger partial charge < -0.3 is 24.2 Å². The van der Waals surface area contributed by atoms with Crippen molar-refractivity contribution in [3.05, 3.63) is 41.3 Å². The van der Waals surface area contributed by atoms with Gasteiger partial charge in [0.25, 0.3) is 0 Å². The largest absolute Gasteiger partial charge is 0.508 e. The normalized spacial score (nSPS) is 11.6. The number of hydrogen-bond donors (Lipinski definition) is 3. The van der Waals surface area contributed by atoms with Gasteiger partial charge in [-0.25, -0.2) is 4.58 Å². The summed E-state index contributed by atoms with van der Waals surface area (Å²) in [6.45, 7) is -0.281. The number of hydrogen-bond acceptors (Lipinski definition) is 5. The standard InChI is InChI=1S/C18H15NO5/c1-19(2)13-4-10(21)5-16-11(13)7-17-18(24-16)12-6-14(22)9(8-20)3-15(12)23-17/h3-7,20,22H,8H2,1-2H3/p+1. The first-order valence-corrected chi connectivity index (χ1v) is 7.44. The van der Waals surface area contributed by atoms with Gasteiger partial charge >= 0.3 is 0 Å². The minimum absolute atomic E-state index is 0.0205. The Hall–Kier alpha value is -2.99. The van der Waals surface area contributed by atoms with Crippen molar-refractivity contribution < 1.29 is 24.2 Å². The highest BCUT2D eigenvalue weighted by atomic mass is 16.4. The average Bonchev–Trinajstić information content (AvgIpc) is 2.87. The van der Waals surface area contributed by atoms with Crippen LogP contribution in [0.1, 0.15) is 5.56 Å². The van der Waals surface area contributed by atoms with E-state index in [4.69, 9.17) is 8.83 Å². The molecule has 0 fully saturated rings. The second-order valence-electron chi connectivity index (χ2n) is 5.95. The lowest BCUT2D eigenvalue weighted by molar-refractivity contribution is 0.275. The Balaban J connectivity index is 2.18. The second kappa shape index (κ2) is 5.01. The number of furan rings is 1. The van der Waals surface area contributed by atoms with Crippen molar-refractivity contribution in [1.82, 2.24) is 4.58 Å². The van der Waals surface area contributed by atoms with Crippen LogP contribution < -0.4 is 9.93 Å². The zero-order valence-corrected chi connectivity index (χ0v) is 13.2. The smallest absolute Gasteiger partial charge is 0.214 e. The molecule has 6 nitrogen and oxygen atoms in total. The van der Waals surface area contributed by atoms with Gasteiger partial charge in [-0.1, -0.05) is 0 Å².